The second-order valence-corrected chi connectivity index (χ2v) is 5.18. The molecule has 1 atom stereocenters. The first-order valence-electron chi connectivity index (χ1n) is 6.07. The first-order valence-corrected chi connectivity index (χ1v) is 6.95. The lowest BCUT2D eigenvalue weighted by atomic mass is 10.2. The van der Waals surface area contributed by atoms with E-state index in [0.717, 1.165) is 10.7 Å². The fourth-order valence-corrected chi connectivity index (χ4v) is 2.43. The van der Waals surface area contributed by atoms with Gasteiger partial charge in [-0.1, -0.05) is 0 Å². The van der Waals surface area contributed by atoms with Crippen LogP contribution in [0.3, 0.4) is 0 Å². The molecule has 0 aliphatic carbocycles. The van der Waals surface area contributed by atoms with E-state index in [1.807, 2.05) is 19.2 Å². The number of nitrogens with zero attached hydrogens (tertiary/aromatic N) is 5. The molecule has 19 heavy (non-hydrogen) atoms. The van der Waals surface area contributed by atoms with E-state index in [4.69, 9.17) is 0 Å². The third-order valence-electron chi connectivity index (χ3n) is 2.57. The van der Waals surface area contributed by atoms with Gasteiger partial charge in [-0.15, -0.1) is 16.4 Å². The summed E-state index contributed by atoms with van der Waals surface area (Å²) in [5, 5.41) is 16.7. The molecule has 7 nitrogen and oxygen atoms in total. The third-order valence-corrected chi connectivity index (χ3v) is 3.71. The van der Waals surface area contributed by atoms with Gasteiger partial charge in [-0.05, 0) is 30.7 Å². The average molecular weight is 280 g/mol. The zero-order valence-electron chi connectivity index (χ0n) is 10.9. The second kappa shape index (κ2) is 6.37. The molecule has 2 rings (SSSR count). The molecule has 2 aromatic heterocycles. The van der Waals surface area contributed by atoms with Gasteiger partial charge >= 0.3 is 0 Å². The van der Waals surface area contributed by atoms with Crippen molar-refractivity contribution in [2.75, 3.05) is 0 Å². The zero-order chi connectivity index (χ0) is 13.7. The van der Waals surface area contributed by atoms with Crippen LogP contribution in [0.2, 0.25) is 0 Å². The predicted molar refractivity (Wildman–Crippen MR) is 70.5 cm³/mol. The summed E-state index contributed by atoms with van der Waals surface area (Å²) < 4.78 is 1.61. The maximum atomic E-state index is 11.8. The van der Waals surface area contributed by atoms with Crippen LogP contribution in [0.15, 0.2) is 11.7 Å². The molecule has 1 N–H and O–H groups in total. The van der Waals surface area contributed by atoms with E-state index in [-0.39, 0.29) is 11.9 Å². The molecule has 0 saturated heterocycles. The Kier molecular flexibility index (Phi) is 4.56. The average Bonchev–Trinajstić information content (AvgIpc) is 3.00. The summed E-state index contributed by atoms with van der Waals surface area (Å²) in [6, 6.07) is -0.0424. The number of aromatic nitrogens is 5. The normalized spacial score (nSPS) is 12.3. The highest BCUT2D eigenvalue weighted by atomic mass is 32.1. The molecule has 102 valence electrons. The summed E-state index contributed by atoms with van der Waals surface area (Å²) in [5.41, 5.74) is 0.986. The van der Waals surface area contributed by atoms with E-state index in [1.165, 1.54) is 0 Å². The van der Waals surface area contributed by atoms with Crippen molar-refractivity contribution >= 4 is 17.2 Å². The molecule has 0 spiro atoms. The van der Waals surface area contributed by atoms with E-state index < -0.39 is 0 Å². The standard InChI is InChI=1S/C11H16N6OS/c1-8-6-19-11(13-8)9(2)14-10(18)4-3-5-17-7-12-15-16-17/h6-7,9H,3-5H2,1-2H3,(H,14,18). The molecule has 2 aromatic rings. The molecule has 1 unspecified atom stereocenters. The molecule has 0 bridgehead atoms. The Morgan fingerprint density at radius 3 is 3.05 bits per heavy atom. The van der Waals surface area contributed by atoms with E-state index >= 15 is 0 Å². The molecule has 0 aromatic carbocycles. The third kappa shape index (κ3) is 4.09. The van der Waals surface area contributed by atoms with Crippen LogP contribution in [0.1, 0.15) is 36.5 Å². The summed E-state index contributed by atoms with van der Waals surface area (Å²) in [7, 11) is 0. The number of aryl methyl sites for hydroxylation is 2. The van der Waals surface area contributed by atoms with Crippen molar-refractivity contribution in [3.05, 3.63) is 22.4 Å². The number of hydrogen-bond donors (Lipinski definition) is 1. The van der Waals surface area contributed by atoms with Gasteiger partial charge in [-0.3, -0.25) is 4.79 Å². The minimum Gasteiger partial charge on any atom is -0.347 e. The summed E-state index contributed by atoms with van der Waals surface area (Å²) in [6.45, 7) is 4.53. The van der Waals surface area contributed by atoms with E-state index in [0.29, 0.717) is 19.4 Å². The topological polar surface area (TPSA) is 85.6 Å². The van der Waals surface area contributed by atoms with Gasteiger partial charge in [0.15, 0.2) is 0 Å². The number of nitrogens with one attached hydrogen (secondary N) is 1. The zero-order valence-corrected chi connectivity index (χ0v) is 11.7. The first-order chi connectivity index (χ1) is 9.15. The van der Waals surface area contributed by atoms with Crippen molar-refractivity contribution in [1.29, 1.82) is 0 Å². The van der Waals surface area contributed by atoms with Gasteiger partial charge in [0.1, 0.15) is 11.3 Å². The molecule has 0 fully saturated rings. The summed E-state index contributed by atoms with van der Waals surface area (Å²) in [4.78, 5) is 16.1. The van der Waals surface area contributed by atoms with E-state index in [2.05, 4.69) is 25.8 Å². The number of thiazole rings is 1. The Morgan fingerprint density at radius 1 is 1.58 bits per heavy atom. The number of tetrazole rings is 1. The van der Waals surface area contributed by atoms with Gasteiger partial charge in [-0.2, -0.15) is 0 Å². The van der Waals surface area contributed by atoms with Crippen molar-refractivity contribution in [1.82, 2.24) is 30.5 Å². The van der Waals surface area contributed by atoms with Crippen LogP contribution >= 0.6 is 11.3 Å². The van der Waals surface area contributed by atoms with Crippen LogP contribution < -0.4 is 5.32 Å². The number of amides is 1. The van der Waals surface area contributed by atoms with Crippen molar-refractivity contribution in [2.24, 2.45) is 0 Å². The smallest absolute Gasteiger partial charge is 0.220 e. The number of rotatable bonds is 6. The van der Waals surface area contributed by atoms with Gasteiger partial charge in [0.05, 0.1) is 6.04 Å². The fraction of sp³-hybridized carbons (Fsp3) is 0.545. The maximum Gasteiger partial charge on any atom is 0.220 e. The Morgan fingerprint density at radius 2 is 2.42 bits per heavy atom. The van der Waals surface area contributed by atoms with E-state index in [1.54, 1.807) is 22.3 Å². The predicted octanol–water partition coefficient (Wildman–Crippen LogP) is 1.10. The molecule has 0 aliphatic rings. The lowest BCUT2D eigenvalue weighted by Crippen LogP contribution is -2.26. The van der Waals surface area contributed by atoms with Gasteiger partial charge in [-0.25, -0.2) is 9.67 Å². The van der Waals surface area contributed by atoms with Crippen LogP contribution in [0.25, 0.3) is 0 Å². The van der Waals surface area contributed by atoms with Crippen LogP contribution in [0.5, 0.6) is 0 Å². The van der Waals surface area contributed by atoms with Crippen molar-refractivity contribution in [3.63, 3.8) is 0 Å². The second-order valence-electron chi connectivity index (χ2n) is 4.29. The SMILES string of the molecule is Cc1csc(C(C)NC(=O)CCCn2cnnn2)n1. The van der Waals surface area contributed by atoms with Gasteiger partial charge < -0.3 is 5.32 Å². The Balaban J connectivity index is 1.72. The highest BCUT2D eigenvalue weighted by Crippen LogP contribution is 2.17. The van der Waals surface area contributed by atoms with Crippen molar-refractivity contribution < 1.29 is 4.79 Å². The summed E-state index contributed by atoms with van der Waals surface area (Å²) in [6.07, 6.45) is 2.70. The fourth-order valence-electron chi connectivity index (χ4n) is 1.63. The van der Waals surface area contributed by atoms with Gasteiger partial charge in [0.25, 0.3) is 0 Å². The largest absolute Gasteiger partial charge is 0.347 e. The van der Waals surface area contributed by atoms with Crippen molar-refractivity contribution in [3.8, 4) is 0 Å². The quantitative estimate of drug-likeness (QED) is 0.856. The summed E-state index contributed by atoms with van der Waals surface area (Å²) in [5.74, 6) is 0.0217. The minimum atomic E-state index is -0.0424. The number of carbonyl (C=O) groups excluding carboxylic acids is 1. The van der Waals surface area contributed by atoms with Gasteiger partial charge in [0, 0.05) is 24.0 Å². The monoisotopic (exact) mass is 280 g/mol. The van der Waals surface area contributed by atoms with Crippen LogP contribution in [0, 0.1) is 6.92 Å². The minimum absolute atomic E-state index is 0.0217. The molecule has 8 heteroatoms. The Labute approximate surface area is 115 Å². The number of carbonyl (C=O) groups is 1. The Hall–Kier alpha value is -1.83. The van der Waals surface area contributed by atoms with Crippen LogP contribution in [0.4, 0.5) is 0 Å². The van der Waals surface area contributed by atoms with Crippen LogP contribution in [-0.2, 0) is 11.3 Å². The molecule has 2 heterocycles. The maximum absolute atomic E-state index is 11.8. The molecule has 0 saturated carbocycles. The van der Waals surface area contributed by atoms with Crippen molar-refractivity contribution in [2.45, 2.75) is 39.3 Å². The highest BCUT2D eigenvalue weighted by Gasteiger charge is 2.12. The lowest BCUT2D eigenvalue weighted by Gasteiger charge is -2.10. The molecule has 0 radical (unpaired) electrons. The first kappa shape index (κ1) is 13.6. The van der Waals surface area contributed by atoms with E-state index in [9.17, 15) is 4.79 Å². The molecular formula is C11H16N6OS. The Bertz CT molecular complexity index is 523. The molecule has 1 amide bonds. The summed E-state index contributed by atoms with van der Waals surface area (Å²) >= 11 is 1.57. The number of hydrogen-bond acceptors (Lipinski definition) is 6. The van der Waals surface area contributed by atoms with Gasteiger partial charge in [0.2, 0.25) is 5.91 Å². The molecule has 0 aliphatic heterocycles. The van der Waals surface area contributed by atoms with Crippen LogP contribution in [-0.4, -0.2) is 31.1 Å². The lowest BCUT2D eigenvalue weighted by molar-refractivity contribution is -0.121. The molecular weight excluding hydrogens is 264 g/mol. The highest BCUT2D eigenvalue weighted by molar-refractivity contribution is 7.09.